The molecule has 3 nitrogen and oxygen atoms in total. The number of benzene rings is 1. The van der Waals surface area contributed by atoms with Crippen LogP contribution >= 0.6 is 0 Å². The smallest absolute Gasteiger partial charge is 0.295 e. The van der Waals surface area contributed by atoms with Crippen LogP contribution in [0.15, 0.2) is 40.8 Å². The van der Waals surface area contributed by atoms with Crippen LogP contribution in [0.1, 0.15) is 19.3 Å². The molecular weight excluding hydrogens is 200 g/mol. The van der Waals surface area contributed by atoms with Crippen molar-refractivity contribution < 1.29 is 4.42 Å². The summed E-state index contributed by atoms with van der Waals surface area (Å²) in [5, 5.41) is 3.34. The number of fused-ring (bicyclic) bond motifs is 1. The molecule has 0 saturated carbocycles. The third-order valence-electron chi connectivity index (χ3n) is 2.89. The molecule has 0 saturated heterocycles. The van der Waals surface area contributed by atoms with Gasteiger partial charge in [-0.05, 0) is 31.4 Å². The molecule has 1 aromatic carbocycles. The number of para-hydroxylation sites is 2. The summed E-state index contributed by atoms with van der Waals surface area (Å²) in [4.78, 5) is 4.40. The quantitative estimate of drug-likeness (QED) is 0.779. The first-order valence-corrected chi connectivity index (χ1v) is 5.69. The molecule has 0 radical (unpaired) electrons. The van der Waals surface area contributed by atoms with Gasteiger partial charge in [0.05, 0.1) is 0 Å². The van der Waals surface area contributed by atoms with E-state index in [1.165, 1.54) is 0 Å². The van der Waals surface area contributed by atoms with E-state index in [4.69, 9.17) is 4.42 Å². The minimum atomic E-state index is 0.457. The van der Waals surface area contributed by atoms with Crippen molar-refractivity contribution in [3.05, 3.63) is 36.4 Å². The van der Waals surface area contributed by atoms with E-state index in [0.29, 0.717) is 12.1 Å². The van der Waals surface area contributed by atoms with Crippen LogP contribution in [0.2, 0.25) is 0 Å². The number of anilines is 1. The van der Waals surface area contributed by atoms with Gasteiger partial charge in [0.1, 0.15) is 5.52 Å². The third-order valence-corrected chi connectivity index (χ3v) is 2.89. The van der Waals surface area contributed by atoms with Crippen molar-refractivity contribution in [1.82, 2.24) is 4.98 Å². The van der Waals surface area contributed by atoms with Gasteiger partial charge in [0.25, 0.3) is 6.01 Å². The van der Waals surface area contributed by atoms with E-state index in [1.54, 1.807) is 0 Å². The van der Waals surface area contributed by atoms with E-state index in [-0.39, 0.29) is 0 Å². The van der Waals surface area contributed by atoms with E-state index in [2.05, 4.69) is 22.5 Å². The molecule has 82 valence electrons. The van der Waals surface area contributed by atoms with Crippen LogP contribution in [0.5, 0.6) is 0 Å². The van der Waals surface area contributed by atoms with Crippen LogP contribution in [-0.4, -0.2) is 11.0 Å². The minimum Gasteiger partial charge on any atom is -0.424 e. The van der Waals surface area contributed by atoms with E-state index in [9.17, 15) is 0 Å². The Morgan fingerprint density at radius 1 is 1.25 bits per heavy atom. The number of rotatable bonds is 2. The highest BCUT2D eigenvalue weighted by molar-refractivity contribution is 5.74. The highest BCUT2D eigenvalue weighted by Crippen LogP contribution is 2.21. The largest absolute Gasteiger partial charge is 0.424 e. The summed E-state index contributed by atoms with van der Waals surface area (Å²) in [6.07, 6.45) is 7.78. The topological polar surface area (TPSA) is 38.1 Å². The number of nitrogens with zero attached hydrogens (tertiary/aromatic N) is 1. The molecule has 16 heavy (non-hydrogen) atoms. The van der Waals surface area contributed by atoms with Gasteiger partial charge in [-0.1, -0.05) is 24.3 Å². The number of oxazole rings is 1. The molecule has 1 aliphatic carbocycles. The maximum Gasteiger partial charge on any atom is 0.295 e. The summed E-state index contributed by atoms with van der Waals surface area (Å²) >= 11 is 0. The average molecular weight is 214 g/mol. The van der Waals surface area contributed by atoms with Crippen molar-refractivity contribution in [3.8, 4) is 0 Å². The highest BCUT2D eigenvalue weighted by Gasteiger charge is 2.12. The molecule has 0 bridgehead atoms. The fourth-order valence-electron chi connectivity index (χ4n) is 2.03. The molecule has 3 rings (SSSR count). The van der Waals surface area contributed by atoms with Crippen LogP contribution in [0.4, 0.5) is 6.01 Å². The molecule has 1 unspecified atom stereocenters. The predicted octanol–water partition coefficient (Wildman–Crippen LogP) is 3.35. The average Bonchev–Trinajstić information content (AvgIpc) is 2.72. The third kappa shape index (κ3) is 1.81. The molecule has 0 amide bonds. The van der Waals surface area contributed by atoms with Gasteiger partial charge in [0.15, 0.2) is 5.58 Å². The lowest BCUT2D eigenvalue weighted by Gasteiger charge is -2.17. The molecule has 2 aromatic rings. The second-order valence-electron chi connectivity index (χ2n) is 4.11. The Labute approximate surface area is 94.2 Å². The molecule has 3 heteroatoms. The fraction of sp³-hybridized carbons (Fsp3) is 0.308. The van der Waals surface area contributed by atoms with Gasteiger partial charge in [0.2, 0.25) is 0 Å². The van der Waals surface area contributed by atoms with E-state index in [0.717, 1.165) is 30.4 Å². The Balaban J connectivity index is 1.81. The number of hydrogen-bond acceptors (Lipinski definition) is 3. The lowest BCUT2D eigenvalue weighted by Crippen LogP contribution is -2.20. The number of nitrogens with one attached hydrogen (secondary N) is 1. The SMILES string of the molecule is C1=CCC(Nc2nc3ccccc3o2)CC1. The van der Waals surface area contributed by atoms with Crippen LogP contribution in [0.3, 0.4) is 0 Å². The van der Waals surface area contributed by atoms with Crippen molar-refractivity contribution in [2.75, 3.05) is 5.32 Å². The van der Waals surface area contributed by atoms with Crippen LogP contribution < -0.4 is 5.32 Å². The Hall–Kier alpha value is -1.77. The lowest BCUT2D eigenvalue weighted by atomic mass is 10.0. The van der Waals surface area contributed by atoms with Gasteiger partial charge in [-0.25, -0.2) is 0 Å². The Bertz CT molecular complexity index is 482. The first kappa shape index (κ1) is 9.46. The van der Waals surface area contributed by atoms with Crippen molar-refractivity contribution >= 4 is 17.1 Å². The van der Waals surface area contributed by atoms with E-state index >= 15 is 0 Å². The standard InChI is InChI=1S/C13H14N2O/c1-2-6-10(7-3-1)14-13-15-11-8-4-5-9-12(11)16-13/h1-2,4-5,8-10H,3,6-7H2,(H,14,15). The molecule has 1 heterocycles. The summed E-state index contributed by atoms with van der Waals surface area (Å²) in [6, 6.07) is 8.93. The number of aromatic nitrogens is 1. The minimum absolute atomic E-state index is 0.457. The monoisotopic (exact) mass is 214 g/mol. The normalized spacial score (nSPS) is 20.1. The maximum atomic E-state index is 5.62. The van der Waals surface area contributed by atoms with Gasteiger partial charge >= 0.3 is 0 Å². The molecule has 0 spiro atoms. The molecule has 1 aliphatic rings. The zero-order valence-corrected chi connectivity index (χ0v) is 9.02. The van der Waals surface area contributed by atoms with Gasteiger partial charge in [-0.15, -0.1) is 0 Å². The van der Waals surface area contributed by atoms with Crippen molar-refractivity contribution in [2.45, 2.75) is 25.3 Å². The van der Waals surface area contributed by atoms with Crippen LogP contribution in [0.25, 0.3) is 11.1 Å². The Kier molecular flexibility index (Phi) is 2.37. The van der Waals surface area contributed by atoms with Crippen LogP contribution in [-0.2, 0) is 0 Å². The van der Waals surface area contributed by atoms with Crippen LogP contribution in [0, 0.1) is 0 Å². The van der Waals surface area contributed by atoms with Gasteiger partial charge in [-0.3, -0.25) is 0 Å². The summed E-state index contributed by atoms with van der Waals surface area (Å²) < 4.78 is 5.62. The van der Waals surface area contributed by atoms with Crippen molar-refractivity contribution in [2.24, 2.45) is 0 Å². The second kappa shape index (κ2) is 4.00. The maximum absolute atomic E-state index is 5.62. The second-order valence-corrected chi connectivity index (χ2v) is 4.11. The molecule has 0 fully saturated rings. The predicted molar refractivity (Wildman–Crippen MR) is 64.4 cm³/mol. The Morgan fingerprint density at radius 2 is 2.19 bits per heavy atom. The first-order valence-electron chi connectivity index (χ1n) is 5.69. The van der Waals surface area contributed by atoms with Crippen molar-refractivity contribution in [3.63, 3.8) is 0 Å². The molecular formula is C13H14N2O. The summed E-state index contributed by atoms with van der Waals surface area (Å²) in [5.74, 6) is 0. The molecule has 1 atom stereocenters. The first-order chi connectivity index (χ1) is 7.92. The van der Waals surface area contributed by atoms with E-state index in [1.807, 2.05) is 24.3 Å². The molecule has 0 aliphatic heterocycles. The fourth-order valence-corrected chi connectivity index (χ4v) is 2.03. The van der Waals surface area contributed by atoms with E-state index < -0.39 is 0 Å². The highest BCUT2D eigenvalue weighted by atomic mass is 16.4. The number of allylic oxidation sites excluding steroid dienone is 1. The molecule has 1 aromatic heterocycles. The summed E-state index contributed by atoms with van der Waals surface area (Å²) in [5.41, 5.74) is 1.76. The van der Waals surface area contributed by atoms with Gasteiger partial charge in [-0.2, -0.15) is 4.98 Å². The zero-order valence-electron chi connectivity index (χ0n) is 9.02. The zero-order chi connectivity index (χ0) is 10.8. The Morgan fingerprint density at radius 3 is 3.00 bits per heavy atom. The van der Waals surface area contributed by atoms with Gasteiger partial charge in [0, 0.05) is 6.04 Å². The number of hydrogen-bond donors (Lipinski definition) is 1. The summed E-state index contributed by atoms with van der Waals surface area (Å²) in [7, 11) is 0. The van der Waals surface area contributed by atoms with Gasteiger partial charge < -0.3 is 9.73 Å². The van der Waals surface area contributed by atoms with Crippen molar-refractivity contribution in [1.29, 1.82) is 0 Å². The summed E-state index contributed by atoms with van der Waals surface area (Å²) in [6.45, 7) is 0. The lowest BCUT2D eigenvalue weighted by molar-refractivity contribution is 0.571. The molecule has 1 N–H and O–H groups in total.